The quantitative estimate of drug-likeness (QED) is 0.606. The molecule has 0 radical (unpaired) electrons. The van der Waals surface area contributed by atoms with Crippen LogP contribution in [-0.2, 0) is 0 Å². The van der Waals surface area contributed by atoms with Gasteiger partial charge in [-0.3, -0.25) is 0 Å². The zero-order valence-corrected chi connectivity index (χ0v) is 10.7. The Kier molecular flexibility index (Phi) is 3.96. The fourth-order valence-electron chi connectivity index (χ4n) is 2.41. The van der Waals surface area contributed by atoms with Gasteiger partial charge in [-0.1, -0.05) is 32.1 Å². The van der Waals surface area contributed by atoms with Gasteiger partial charge in [0.15, 0.2) is 0 Å². The Morgan fingerprint density at radius 2 is 1.93 bits per heavy atom. The second kappa shape index (κ2) is 5.25. The maximum absolute atomic E-state index is 2.50. The van der Waals surface area contributed by atoms with Crippen LogP contribution < -0.4 is 0 Å². The molecule has 0 aromatic heterocycles. The van der Waals surface area contributed by atoms with E-state index in [0.29, 0.717) is 0 Å². The van der Waals surface area contributed by atoms with Gasteiger partial charge in [-0.2, -0.15) is 0 Å². The summed E-state index contributed by atoms with van der Waals surface area (Å²) in [7, 11) is 0. The summed E-state index contributed by atoms with van der Waals surface area (Å²) in [6.07, 6.45) is 14.2. The Balaban J connectivity index is 1.89. The Bertz CT molecular complexity index is 265. The van der Waals surface area contributed by atoms with E-state index in [1.807, 2.05) is 0 Å². The Morgan fingerprint density at radius 1 is 1.07 bits per heavy atom. The van der Waals surface area contributed by atoms with Gasteiger partial charge in [0.25, 0.3) is 0 Å². The van der Waals surface area contributed by atoms with E-state index >= 15 is 0 Å². The minimum absolute atomic E-state index is 0.762. The number of hydrogen-bond donors (Lipinski definition) is 0. The van der Waals surface area contributed by atoms with Gasteiger partial charge < -0.3 is 0 Å². The zero-order chi connectivity index (χ0) is 10.7. The van der Waals surface area contributed by atoms with E-state index in [0.717, 1.165) is 17.1 Å². The molecule has 0 spiro atoms. The highest BCUT2D eigenvalue weighted by Gasteiger charge is 2.17. The molecule has 3 atom stereocenters. The molecule has 0 nitrogen and oxygen atoms in total. The van der Waals surface area contributed by atoms with Crippen molar-refractivity contribution in [3.8, 4) is 0 Å². The third-order valence-corrected chi connectivity index (χ3v) is 4.76. The maximum atomic E-state index is 2.50. The van der Waals surface area contributed by atoms with Crippen LogP contribution in [0.5, 0.6) is 0 Å². The lowest BCUT2D eigenvalue weighted by Gasteiger charge is -2.23. The Morgan fingerprint density at radius 3 is 2.60 bits per heavy atom. The smallest absolute Gasteiger partial charge is 0.0271 e. The molecule has 84 valence electrons. The van der Waals surface area contributed by atoms with Gasteiger partial charge in [0.05, 0.1) is 0 Å². The summed E-state index contributed by atoms with van der Waals surface area (Å²) in [5, 5.41) is 0.762. The van der Waals surface area contributed by atoms with Crippen molar-refractivity contribution in [1.82, 2.24) is 0 Å². The minimum Gasteiger partial charge on any atom is -0.123 e. The predicted molar refractivity (Wildman–Crippen MR) is 70.0 cm³/mol. The third kappa shape index (κ3) is 3.41. The molecule has 0 fully saturated rings. The van der Waals surface area contributed by atoms with Crippen LogP contribution in [0.1, 0.15) is 46.0 Å². The molecule has 0 amide bonds. The van der Waals surface area contributed by atoms with E-state index in [9.17, 15) is 0 Å². The molecule has 0 bridgehead atoms. The molecule has 0 saturated carbocycles. The molecule has 0 saturated heterocycles. The fraction of sp³-hybridized carbons (Fsp3) is 0.714. The molecule has 0 aromatic carbocycles. The molecule has 1 heteroatoms. The highest BCUT2D eigenvalue weighted by molar-refractivity contribution is 8.03. The Hall–Kier alpha value is -0.170. The van der Waals surface area contributed by atoms with Gasteiger partial charge in [0.2, 0.25) is 0 Å². The summed E-state index contributed by atoms with van der Waals surface area (Å²) in [5.41, 5.74) is 0. The Labute approximate surface area is 98.2 Å². The van der Waals surface area contributed by atoms with Crippen molar-refractivity contribution in [3.05, 3.63) is 23.1 Å². The van der Waals surface area contributed by atoms with Gasteiger partial charge >= 0.3 is 0 Å². The first-order chi connectivity index (χ1) is 7.24. The van der Waals surface area contributed by atoms with Crippen LogP contribution in [0.3, 0.4) is 0 Å². The molecule has 0 aromatic rings. The maximum Gasteiger partial charge on any atom is 0.0271 e. The highest BCUT2D eigenvalue weighted by Crippen LogP contribution is 2.36. The summed E-state index contributed by atoms with van der Waals surface area (Å²) < 4.78 is 0. The number of thioether (sulfide) groups is 1. The molecule has 0 N–H and O–H groups in total. The van der Waals surface area contributed by atoms with Gasteiger partial charge in [0, 0.05) is 5.25 Å². The van der Waals surface area contributed by atoms with E-state index in [4.69, 9.17) is 0 Å². The average Bonchev–Trinajstić information content (AvgIpc) is 2.22. The molecule has 15 heavy (non-hydrogen) atoms. The summed E-state index contributed by atoms with van der Waals surface area (Å²) in [5.74, 6) is 1.62. The first kappa shape index (κ1) is 11.3. The summed E-state index contributed by atoms with van der Waals surface area (Å²) in [6, 6.07) is 0. The molecule has 2 aliphatic rings. The molecule has 2 aliphatic carbocycles. The van der Waals surface area contributed by atoms with Crippen LogP contribution in [-0.4, -0.2) is 5.25 Å². The molecule has 0 heterocycles. The summed E-state index contributed by atoms with van der Waals surface area (Å²) in [4.78, 5) is 1.65. The minimum atomic E-state index is 0.762. The zero-order valence-electron chi connectivity index (χ0n) is 9.91. The van der Waals surface area contributed by atoms with E-state index in [1.54, 1.807) is 4.91 Å². The van der Waals surface area contributed by atoms with Crippen molar-refractivity contribution in [1.29, 1.82) is 0 Å². The van der Waals surface area contributed by atoms with Gasteiger partial charge in [-0.05, 0) is 48.8 Å². The van der Waals surface area contributed by atoms with Crippen molar-refractivity contribution < 1.29 is 0 Å². The second-order valence-corrected chi connectivity index (χ2v) is 6.46. The van der Waals surface area contributed by atoms with Crippen molar-refractivity contribution in [2.24, 2.45) is 11.8 Å². The molecular weight excluding hydrogens is 200 g/mol. The highest BCUT2D eigenvalue weighted by atomic mass is 32.2. The normalized spacial score (nSPS) is 36.4. The van der Waals surface area contributed by atoms with Crippen molar-refractivity contribution in [3.63, 3.8) is 0 Å². The lowest BCUT2D eigenvalue weighted by atomic mass is 9.97. The number of rotatable bonds is 2. The van der Waals surface area contributed by atoms with E-state index < -0.39 is 0 Å². The van der Waals surface area contributed by atoms with Crippen LogP contribution >= 0.6 is 11.8 Å². The standard InChI is InChI=1S/C14H22S/c1-11-6-8-13(9-7-11)15-14-5-3-4-12(2)10-14/h6,8,10-13H,3-5,7,9H2,1-2H3. The monoisotopic (exact) mass is 222 g/mol. The summed E-state index contributed by atoms with van der Waals surface area (Å²) in [6.45, 7) is 4.66. The molecule has 0 aliphatic heterocycles. The van der Waals surface area contributed by atoms with Gasteiger partial charge in [-0.25, -0.2) is 0 Å². The fourth-order valence-corrected chi connectivity index (χ4v) is 3.79. The second-order valence-electron chi connectivity index (χ2n) is 5.10. The lowest BCUT2D eigenvalue weighted by Crippen LogP contribution is -2.09. The lowest BCUT2D eigenvalue weighted by molar-refractivity contribution is 0.577. The molecule has 3 unspecified atom stereocenters. The SMILES string of the molecule is CC1C=C(SC2C=CC(C)CC2)CCC1. The van der Waals surface area contributed by atoms with Crippen molar-refractivity contribution >= 4 is 11.8 Å². The predicted octanol–water partition coefficient (Wildman–Crippen LogP) is 4.78. The first-order valence-electron chi connectivity index (χ1n) is 6.29. The number of allylic oxidation sites excluding steroid dienone is 3. The van der Waals surface area contributed by atoms with E-state index in [1.165, 1.54) is 32.1 Å². The van der Waals surface area contributed by atoms with Crippen LogP contribution in [0.25, 0.3) is 0 Å². The number of hydrogen-bond acceptors (Lipinski definition) is 1. The third-order valence-electron chi connectivity index (χ3n) is 3.42. The molecule has 2 rings (SSSR count). The van der Waals surface area contributed by atoms with Crippen LogP contribution in [0.2, 0.25) is 0 Å². The molecular formula is C14H22S. The topological polar surface area (TPSA) is 0 Å². The van der Waals surface area contributed by atoms with Crippen LogP contribution in [0, 0.1) is 11.8 Å². The van der Waals surface area contributed by atoms with E-state index in [2.05, 4.69) is 43.8 Å². The van der Waals surface area contributed by atoms with Crippen molar-refractivity contribution in [2.45, 2.75) is 51.2 Å². The van der Waals surface area contributed by atoms with Gasteiger partial charge in [-0.15, -0.1) is 11.8 Å². The first-order valence-corrected chi connectivity index (χ1v) is 7.17. The van der Waals surface area contributed by atoms with Crippen molar-refractivity contribution in [2.75, 3.05) is 0 Å². The van der Waals surface area contributed by atoms with E-state index in [-0.39, 0.29) is 0 Å². The van der Waals surface area contributed by atoms with Crippen LogP contribution in [0.4, 0.5) is 0 Å². The van der Waals surface area contributed by atoms with Crippen LogP contribution in [0.15, 0.2) is 23.1 Å². The summed E-state index contributed by atoms with van der Waals surface area (Å²) >= 11 is 2.12. The van der Waals surface area contributed by atoms with Gasteiger partial charge in [0.1, 0.15) is 0 Å². The largest absolute Gasteiger partial charge is 0.123 e. The average molecular weight is 222 g/mol.